The van der Waals surface area contributed by atoms with Gasteiger partial charge in [0.15, 0.2) is 0 Å². The third-order valence-electron chi connectivity index (χ3n) is 3.98. The number of nitrogens with one attached hydrogen (secondary N) is 1. The summed E-state index contributed by atoms with van der Waals surface area (Å²) in [4.78, 5) is 28.0. The molecule has 0 aliphatic carbocycles. The number of carbonyl (C=O) groups excluding carboxylic acids is 1. The number of aromatic nitrogens is 3. The number of amides is 1. The van der Waals surface area contributed by atoms with Crippen LogP contribution in [0.1, 0.15) is 17.5 Å². The Morgan fingerprint density at radius 3 is 2.65 bits per heavy atom. The molecule has 0 radical (unpaired) electrons. The maximum atomic E-state index is 12.0. The van der Waals surface area contributed by atoms with Crippen LogP contribution in [0, 0.1) is 6.92 Å². The molecule has 3 rings (SSSR count). The molecule has 0 spiro atoms. The number of nitrogens with zero attached hydrogens (tertiary/aromatic N) is 3. The highest BCUT2D eigenvalue weighted by atomic mass is 16.2. The van der Waals surface area contributed by atoms with Gasteiger partial charge < -0.3 is 5.32 Å². The molecule has 0 atom stereocenters. The smallest absolute Gasteiger partial charge is 0.266 e. The number of pyridine rings is 1. The second-order valence-corrected chi connectivity index (χ2v) is 6.03. The van der Waals surface area contributed by atoms with Gasteiger partial charge in [0, 0.05) is 37.0 Å². The number of rotatable bonds is 6. The molecule has 1 N–H and O–H groups in total. The van der Waals surface area contributed by atoms with Crippen molar-refractivity contribution >= 4 is 5.91 Å². The van der Waals surface area contributed by atoms with Crippen molar-refractivity contribution < 1.29 is 4.79 Å². The van der Waals surface area contributed by atoms with Gasteiger partial charge in [0.1, 0.15) is 0 Å². The summed E-state index contributed by atoms with van der Waals surface area (Å²) in [5, 5.41) is 7.20. The second-order valence-electron chi connectivity index (χ2n) is 6.03. The Balaban J connectivity index is 1.62. The van der Waals surface area contributed by atoms with Gasteiger partial charge in [0.2, 0.25) is 5.91 Å². The first-order valence-corrected chi connectivity index (χ1v) is 8.42. The van der Waals surface area contributed by atoms with Crippen molar-refractivity contribution in [3.05, 3.63) is 82.4 Å². The van der Waals surface area contributed by atoms with Crippen LogP contribution in [0.5, 0.6) is 0 Å². The zero-order valence-corrected chi connectivity index (χ0v) is 14.6. The van der Waals surface area contributed by atoms with Gasteiger partial charge in [-0.15, -0.1) is 0 Å². The summed E-state index contributed by atoms with van der Waals surface area (Å²) in [5.41, 5.74) is 3.51. The molecular weight excluding hydrogens is 328 g/mol. The monoisotopic (exact) mass is 348 g/mol. The minimum atomic E-state index is -0.221. The zero-order valence-electron chi connectivity index (χ0n) is 14.6. The van der Waals surface area contributed by atoms with Crippen molar-refractivity contribution in [3.63, 3.8) is 0 Å². The molecule has 0 saturated carbocycles. The SMILES string of the molecule is Cc1ccc(-c2ccc(=O)n(CCC(=O)NCc3cccnc3)n2)cc1. The molecule has 2 heterocycles. The third-order valence-corrected chi connectivity index (χ3v) is 3.98. The normalized spacial score (nSPS) is 10.5. The summed E-state index contributed by atoms with van der Waals surface area (Å²) in [6.45, 7) is 2.66. The Morgan fingerprint density at radius 2 is 1.92 bits per heavy atom. The van der Waals surface area contributed by atoms with Crippen LogP contribution in [-0.4, -0.2) is 20.7 Å². The topological polar surface area (TPSA) is 76.9 Å². The maximum absolute atomic E-state index is 12.0. The molecule has 0 unspecified atom stereocenters. The standard InChI is InChI=1S/C20H20N4O2/c1-15-4-6-17(7-5-15)18-8-9-20(26)24(23-18)12-10-19(25)22-14-16-3-2-11-21-13-16/h2-9,11,13H,10,12,14H2,1H3,(H,22,25). The average molecular weight is 348 g/mol. The van der Waals surface area contributed by atoms with Crippen LogP contribution in [0.15, 0.2) is 65.7 Å². The molecule has 1 amide bonds. The van der Waals surface area contributed by atoms with Crippen molar-refractivity contribution in [2.45, 2.75) is 26.4 Å². The van der Waals surface area contributed by atoms with Gasteiger partial charge in [-0.25, -0.2) is 4.68 Å². The Bertz CT molecular complexity index is 934. The molecule has 0 saturated heterocycles. The summed E-state index contributed by atoms with van der Waals surface area (Å²) < 4.78 is 1.33. The highest BCUT2D eigenvalue weighted by Crippen LogP contribution is 2.15. The van der Waals surface area contributed by atoms with Crippen LogP contribution in [-0.2, 0) is 17.9 Å². The van der Waals surface area contributed by atoms with E-state index in [0.29, 0.717) is 12.2 Å². The van der Waals surface area contributed by atoms with E-state index in [1.807, 2.05) is 43.3 Å². The minimum Gasteiger partial charge on any atom is -0.352 e. The lowest BCUT2D eigenvalue weighted by molar-refractivity contribution is -0.121. The Hall–Kier alpha value is -3.28. The molecule has 0 aliphatic rings. The summed E-state index contributed by atoms with van der Waals surface area (Å²) in [6.07, 6.45) is 3.58. The van der Waals surface area contributed by atoms with E-state index < -0.39 is 0 Å². The Labute approximate surface area is 151 Å². The lowest BCUT2D eigenvalue weighted by Gasteiger charge is -2.08. The summed E-state index contributed by atoms with van der Waals surface area (Å²) in [5.74, 6) is -0.136. The predicted molar refractivity (Wildman–Crippen MR) is 99.4 cm³/mol. The lowest BCUT2D eigenvalue weighted by Crippen LogP contribution is -2.28. The van der Waals surface area contributed by atoms with E-state index in [9.17, 15) is 9.59 Å². The molecular formula is C20H20N4O2. The molecule has 0 fully saturated rings. The van der Waals surface area contributed by atoms with Crippen LogP contribution in [0.2, 0.25) is 0 Å². The first kappa shape index (κ1) is 17.5. The number of hydrogen-bond donors (Lipinski definition) is 1. The maximum Gasteiger partial charge on any atom is 0.266 e. The van der Waals surface area contributed by atoms with Gasteiger partial charge in [0.05, 0.1) is 12.2 Å². The van der Waals surface area contributed by atoms with E-state index in [4.69, 9.17) is 0 Å². The van der Waals surface area contributed by atoms with Gasteiger partial charge in [-0.1, -0.05) is 35.9 Å². The summed E-state index contributed by atoms with van der Waals surface area (Å²) >= 11 is 0. The van der Waals surface area contributed by atoms with Crippen LogP contribution in [0.4, 0.5) is 0 Å². The zero-order chi connectivity index (χ0) is 18.4. The minimum absolute atomic E-state index is 0.136. The van der Waals surface area contributed by atoms with E-state index >= 15 is 0 Å². The quantitative estimate of drug-likeness (QED) is 0.742. The van der Waals surface area contributed by atoms with E-state index in [1.54, 1.807) is 18.5 Å². The highest BCUT2D eigenvalue weighted by molar-refractivity contribution is 5.75. The van der Waals surface area contributed by atoms with Crippen LogP contribution >= 0.6 is 0 Å². The molecule has 0 bridgehead atoms. The molecule has 132 valence electrons. The van der Waals surface area contributed by atoms with Gasteiger partial charge >= 0.3 is 0 Å². The van der Waals surface area contributed by atoms with E-state index in [-0.39, 0.29) is 24.4 Å². The van der Waals surface area contributed by atoms with Gasteiger partial charge in [-0.05, 0) is 24.6 Å². The second kappa shape index (κ2) is 8.20. The fourth-order valence-electron chi connectivity index (χ4n) is 2.49. The van der Waals surface area contributed by atoms with Crippen molar-refractivity contribution in [3.8, 4) is 11.3 Å². The fourth-order valence-corrected chi connectivity index (χ4v) is 2.49. The lowest BCUT2D eigenvalue weighted by atomic mass is 10.1. The highest BCUT2D eigenvalue weighted by Gasteiger charge is 2.07. The number of aryl methyl sites for hydroxylation is 2. The van der Waals surface area contributed by atoms with Crippen LogP contribution in [0.3, 0.4) is 0 Å². The molecule has 6 heteroatoms. The van der Waals surface area contributed by atoms with Crippen molar-refractivity contribution in [1.29, 1.82) is 0 Å². The predicted octanol–water partition coefficient (Wildman–Crippen LogP) is 2.32. The summed E-state index contributed by atoms with van der Waals surface area (Å²) in [7, 11) is 0. The Morgan fingerprint density at radius 1 is 1.12 bits per heavy atom. The number of carbonyl (C=O) groups is 1. The molecule has 26 heavy (non-hydrogen) atoms. The average Bonchev–Trinajstić information content (AvgIpc) is 2.67. The van der Waals surface area contributed by atoms with E-state index in [0.717, 1.165) is 16.7 Å². The largest absolute Gasteiger partial charge is 0.352 e. The van der Waals surface area contributed by atoms with E-state index in [1.165, 1.54) is 10.7 Å². The first-order chi connectivity index (χ1) is 12.6. The van der Waals surface area contributed by atoms with Crippen LogP contribution < -0.4 is 10.9 Å². The fraction of sp³-hybridized carbons (Fsp3) is 0.200. The van der Waals surface area contributed by atoms with Gasteiger partial charge in [-0.2, -0.15) is 5.10 Å². The van der Waals surface area contributed by atoms with Crippen molar-refractivity contribution in [1.82, 2.24) is 20.1 Å². The third kappa shape index (κ3) is 4.63. The molecule has 3 aromatic rings. The summed E-state index contributed by atoms with van der Waals surface area (Å²) in [6, 6.07) is 14.8. The molecule has 6 nitrogen and oxygen atoms in total. The van der Waals surface area contributed by atoms with Crippen molar-refractivity contribution in [2.75, 3.05) is 0 Å². The van der Waals surface area contributed by atoms with Gasteiger partial charge in [0.25, 0.3) is 5.56 Å². The molecule has 2 aromatic heterocycles. The van der Waals surface area contributed by atoms with Crippen LogP contribution in [0.25, 0.3) is 11.3 Å². The Kier molecular flexibility index (Phi) is 5.53. The van der Waals surface area contributed by atoms with E-state index in [2.05, 4.69) is 15.4 Å². The number of benzene rings is 1. The van der Waals surface area contributed by atoms with Gasteiger partial charge in [-0.3, -0.25) is 14.6 Å². The molecule has 0 aliphatic heterocycles. The first-order valence-electron chi connectivity index (χ1n) is 8.42. The number of hydrogen-bond acceptors (Lipinski definition) is 4. The molecule has 1 aromatic carbocycles. The van der Waals surface area contributed by atoms with Crippen molar-refractivity contribution in [2.24, 2.45) is 0 Å².